The number of furan rings is 1. The Bertz CT molecular complexity index is 548. The average Bonchev–Trinajstić information content (AvgIpc) is 2.72. The molecular formula is C13H13F2NO. The summed E-state index contributed by atoms with van der Waals surface area (Å²) in [7, 11) is 0. The predicted molar refractivity (Wildman–Crippen MR) is 60.6 cm³/mol. The lowest BCUT2D eigenvalue weighted by molar-refractivity contribution is 0.458. The summed E-state index contributed by atoms with van der Waals surface area (Å²) in [5.74, 6) is -1.32. The van der Waals surface area contributed by atoms with Gasteiger partial charge in [-0.15, -0.1) is 0 Å². The summed E-state index contributed by atoms with van der Waals surface area (Å²) in [6, 6.07) is 3.93. The van der Waals surface area contributed by atoms with Crippen LogP contribution < -0.4 is 5.73 Å². The van der Waals surface area contributed by atoms with Gasteiger partial charge in [0.25, 0.3) is 0 Å². The molecule has 1 aromatic heterocycles. The minimum absolute atomic E-state index is 0.103. The first-order valence-corrected chi connectivity index (χ1v) is 5.26. The molecule has 0 spiro atoms. The summed E-state index contributed by atoms with van der Waals surface area (Å²) in [6.07, 6.45) is 1.48. The maximum absolute atomic E-state index is 13.7. The molecule has 2 N–H and O–H groups in total. The molecule has 0 aliphatic heterocycles. The molecule has 1 atom stereocenters. The number of halogens is 2. The van der Waals surface area contributed by atoms with E-state index >= 15 is 0 Å². The largest absolute Gasteiger partial charge is 0.467 e. The smallest absolute Gasteiger partial charge is 0.164 e. The maximum atomic E-state index is 13.7. The van der Waals surface area contributed by atoms with E-state index in [0.29, 0.717) is 5.76 Å². The molecule has 2 aromatic rings. The van der Waals surface area contributed by atoms with E-state index in [9.17, 15) is 8.78 Å². The molecule has 4 heteroatoms. The van der Waals surface area contributed by atoms with Crippen molar-refractivity contribution in [1.82, 2.24) is 0 Å². The zero-order chi connectivity index (χ0) is 12.6. The fourth-order valence-electron chi connectivity index (χ4n) is 1.75. The van der Waals surface area contributed by atoms with Gasteiger partial charge >= 0.3 is 0 Å². The van der Waals surface area contributed by atoms with Crippen LogP contribution in [-0.2, 0) is 0 Å². The van der Waals surface area contributed by atoms with Crippen molar-refractivity contribution in [3.63, 3.8) is 0 Å². The monoisotopic (exact) mass is 237 g/mol. The molecule has 2 nitrogen and oxygen atoms in total. The lowest BCUT2D eigenvalue weighted by Gasteiger charge is -2.12. The van der Waals surface area contributed by atoms with E-state index in [0.717, 1.165) is 5.56 Å². The van der Waals surface area contributed by atoms with Gasteiger partial charge in [0.15, 0.2) is 11.6 Å². The summed E-state index contributed by atoms with van der Waals surface area (Å²) in [5.41, 5.74) is 7.06. The van der Waals surface area contributed by atoms with Crippen LogP contribution in [0.3, 0.4) is 0 Å². The summed E-state index contributed by atoms with van der Waals surface area (Å²) in [4.78, 5) is 0. The highest BCUT2D eigenvalue weighted by molar-refractivity contribution is 5.34. The van der Waals surface area contributed by atoms with Gasteiger partial charge in [0.2, 0.25) is 0 Å². The Hall–Kier alpha value is -1.68. The quantitative estimate of drug-likeness (QED) is 0.871. The van der Waals surface area contributed by atoms with Crippen LogP contribution in [0.25, 0.3) is 0 Å². The SMILES string of the molecule is Cc1ccoc1C(N)c1ccc(C)c(F)c1F. The Morgan fingerprint density at radius 1 is 1.06 bits per heavy atom. The molecule has 1 heterocycles. The number of hydrogen-bond donors (Lipinski definition) is 1. The third-order valence-electron chi connectivity index (χ3n) is 2.82. The molecular weight excluding hydrogens is 224 g/mol. The van der Waals surface area contributed by atoms with Gasteiger partial charge in [-0.2, -0.15) is 0 Å². The van der Waals surface area contributed by atoms with Gasteiger partial charge in [0, 0.05) is 5.56 Å². The molecule has 0 fully saturated rings. The van der Waals surface area contributed by atoms with Crippen LogP contribution in [0.1, 0.15) is 28.5 Å². The number of rotatable bonds is 2. The molecule has 2 rings (SSSR count). The average molecular weight is 237 g/mol. The minimum atomic E-state index is -0.909. The van der Waals surface area contributed by atoms with Crippen LogP contribution in [0.5, 0.6) is 0 Å². The second-order valence-corrected chi connectivity index (χ2v) is 4.05. The molecule has 0 amide bonds. The Morgan fingerprint density at radius 3 is 2.35 bits per heavy atom. The van der Waals surface area contributed by atoms with E-state index in [-0.39, 0.29) is 11.1 Å². The van der Waals surface area contributed by atoms with Crippen molar-refractivity contribution in [2.75, 3.05) is 0 Å². The molecule has 90 valence electrons. The fourth-order valence-corrected chi connectivity index (χ4v) is 1.75. The maximum Gasteiger partial charge on any atom is 0.164 e. The zero-order valence-electron chi connectivity index (χ0n) is 9.63. The standard InChI is InChI=1S/C13H13F2NO/c1-7-3-4-9(11(15)10(7)14)12(16)13-8(2)5-6-17-13/h3-6,12H,16H2,1-2H3. The van der Waals surface area contributed by atoms with Gasteiger partial charge in [-0.3, -0.25) is 0 Å². The zero-order valence-corrected chi connectivity index (χ0v) is 9.63. The van der Waals surface area contributed by atoms with Crippen LogP contribution in [-0.4, -0.2) is 0 Å². The van der Waals surface area contributed by atoms with E-state index in [1.54, 1.807) is 13.0 Å². The summed E-state index contributed by atoms with van der Waals surface area (Å²) >= 11 is 0. The van der Waals surface area contributed by atoms with Crippen LogP contribution in [0, 0.1) is 25.5 Å². The van der Waals surface area contributed by atoms with E-state index in [1.807, 2.05) is 0 Å². The minimum Gasteiger partial charge on any atom is -0.467 e. The Balaban J connectivity index is 2.48. The molecule has 0 radical (unpaired) electrons. The molecule has 0 aliphatic rings. The molecule has 1 aromatic carbocycles. The van der Waals surface area contributed by atoms with Gasteiger partial charge in [-0.05, 0) is 31.0 Å². The van der Waals surface area contributed by atoms with Crippen molar-refractivity contribution in [1.29, 1.82) is 0 Å². The van der Waals surface area contributed by atoms with Gasteiger partial charge in [-0.25, -0.2) is 8.78 Å². The predicted octanol–water partition coefficient (Wildman–Crippen LogP) is 3.22. The normalized spacial score (nSPS) is 12.8. The highest BCUT2D eigenvalue weighted by atomic mass is 19.2. The first kappa shape index (κ1) is 11.8. The fraction of sp³-hybridized carbons (Fsp3) is 0.231. The summed E-state index contributed by atoms with van der Waals surface area (Å²) in [6.45, 7) is 3.31. The van der Waals surface area contributed by atoms with Crippen molar-refractivity contribution in [3.05, 3.63) is 58.5 Å². The van der Waals surface area contributed by atoms with E-state index in [1.165, 1.54) is 25.3 Å². The van der Waals surface area contributed by atoms with E-state index < -0.39 is 17.7 Å². The van der Waals surface area contributed by atoms with Crippen LogP contribution in [0.4, 0.5) is 8.78 Å². The first-order valence-electron chi connectivity index (χ1n) is 5.26. The van der Waals surface area contributed by atoms with Crippen LogP contribution in [0.15, 0.2) is 28.9 Å². The third kappa shape index (κ3) is 1.96. The number of hydrogen-bond acceptors (Lipinski definition) is 2. The van der Waals surface area contributed by atoms with Crippen LogP contribution in [0.2, 0.25) is 0 Å². The van der Waals surface area contributed by atoms with Crippen molar-refractivity contribution >= 4 is 0 Å². The highest BCUT2D eigenvalue weighted by Gasteiger charge is 2.21. The number of aryl methyl sites for hydroxylation is 2. The molecule has 0 saturated heterocycles. The van der Waals surface area contributed by atoms with Gasteiger partial charge in [-0.1, -0.05) is 12.1 Å². The van der Waals surface area contributed by atoms with E-state index in [4.69, 9.17) is 10.2 Å². The second-order valence-electron chi connectivity index (χ2n) is 4.05. The molecule has 1 unspecified atom stereocenters. The molecule has 0 saturated carbocycles. The Morgan fingerprint density at radius 2 is 1.76 bits per heavy atom. The van der Waals surface area contributed by atoms with E-state index in [2.05, 4.69) is 0 Å². The van der Waals surface area contributed by atoms with Gasteiger partial charge in [0.05, 0.1) is 12.3 Å². The lowest BCUT2D eigenvalue weighted by atomic mass is 10.0. The molecule has 0 bridgehead atoms. The van der Waals surface area contributed by atoms with Gasteiger partial charge in [0.1, 0.15) is 5.76 Å². The van der Waals surface area contributed by atoms with Crippen molar-refractivity contribution in [3.8, 4) is 0 Å². The highest BCUT2D eigenvalue weighted by Crippen LogP contribution is 2.27. The molecule has 17 heavy (non-hydrogen) atoms. The van der Waals surface area contributed by atoms with Crippen molar-refractivity contribution in [2.24, 2.45) is 5.73 Å². The second kappa shape index (κ2) is 4.30. The van der Waals surface area contributed by atoms with Gasteiger partial charge < -0.3 is 10.2 Å². The first-order chi connectivity index (χ1) is 8.02. The lowest BCUT2D eigenvalue weighted by Crippen LogP contribution is -2.15. The Kier molecular flexibility index (Phi) is 2.98. The number of benzene rings is 1. The topological polar surface area (TPSA) is 39.2 Å². The summed E-state index contributed by atoms with van der Waals surface area (Å²) in [5, 5.41) is 0. The van der Waals surface area contributed by atoms with Crippen molar-refractivity contribution < 1.29 is 13.2 Å². The Labute approximate surface area is 98.0 Å². The molecule has 0 aliphatic carbocycles. The number of nitrogens with two attached hydrogens (primary N) is 1. The van der Waals surface area contributed by atoms with Crippen molar-refractivity contribution in [2.45, 2.75) is 19.9 Å². The van der Waals surface area contributed by atoms with Crippen LogP contribution >= 0.6 is 0 Å². The summed E-state index contributed by atoms with van der Waals surface area (Å²) < 4.78 is 32.4. The third-order valence-corrected chi connectivity index (χ3v) is 2.82.